The number of β-amino-alcohol motifs (C(OH)–C–C–N with tert-alkyl or cyclic N) is 1. The maximum absolute atomic E-state index is 13.4. The normalized spacial score (nSPS) is 17.3. The summed E-state index contributed by atoms with van der Waals surface area (Å²) in [5.74, 6) is 0.319. The second kappa shape index (κ2) is 9.88. The maximum atomic E-state index is 13.4. The number of nitrogens with zero attached hydrogens (tertiary/aromatic N) is 5. The van der Waals surface area contributed by atoms with Crippen LogP contribution in [0.5, 0.6) is 5.75 Å². The number of aryl methyl sites for hydroxylation is 2. The Kier molecular flexibility index (Phi) is 6.26. The van der Waals surface area contributed by atoms with Crippen LogP contribution in [0.25, 0.3) is 16.6 Å². The first-order valence-electron chi connectivity index (χ1n) is 12.7. The summed E-state index contributed by atoms with van der Waals surface area (Å²) in [6.07, 6.45) is 3.16. The van der Waals surface area contributed by atoms with Gasteiger partial charge in [0.05, 0.1) is 35.3 Å². The predicted molar refractivity (Wildman–Crippen MR) is 144 cm³/mol. The van der Waals surface area contributed by atoms with Gasteiger partial charge in [0.2, 0.25) is 0 Å². The van der Waals surface area contributed by atoms with Crippen LogP contribution < -0.4 is 15.4 Å². The van der Waals surface area contributed by atoms with E-state index < -0.39 is 6.10 Å². The number of rotatable bonds is 7. The number of aliphatic hydroxyl groups is 1. The minimum Gasteiger partial charge on any atom is -0.486 e. The fraction of sp³-hybridized carbons (Fsp3) is 0.286. The fourth-order valence-electron chi connectivity index (χ4n) is 4.95. The van der Waals surface area contributed by atoms with Gasteiger partial charge in [-0.25, -0.2) is 4.98 Å². The van der Waals surface area contributed by atoms with Gasteiger partial charge >= 0.3 is 0 Å². The summed E-state index contributed by atoms with van der Waals surface area (Å²) in [6.45, 7) is 5.66. The molecule has 0 unspecified atom stereocenters. The van der Waals surface area contributed by atoms with E-state index in [1.807, 2.05) is 48.0 Å². The molecule has 0 spiro atoms. The van der Waals surface area contributed by atoms with Gasteiger partial charge in [0.1, 0.15) is 29.3 Å². The topological polar surface area (TPSA) is 119 Å². The molecule has 2 atom stereocenters. The lowest BCUT2D eigenvalue weighted by Crippen LogP contribution is -2.29. The van der Waals surface area contributed by atoms with Crippen molar-refractivity contribution in [2.24, 2.45) is 0 Å². The number of benzene rings is 1. The van der Waals surface area contributed by atoms with Gasteiger partial charge < -0.3 is 20.5 Å². The first kappa shape index (κ1) is 24.1. The standard InChI is InChI=1S/C28H29N7O3/c1-3-20-27-21(8-5-9-22(27)35(33-20)16-18-7-4-6-17(2)31-18)32-28(37)23-13-30-26-12-19(10-11-34(23)26)38-25-15-29-14-24(25)36/h4-13,24-25,29,36H,3,14-16H2,1-2H3,(H,32,37)/t24-,25+/m1/s1. The molecule has 194 valence electrons. The van der Waals surface area contributed by atoms with Gasteiger partial charge in [0.25, 0.3) is 5.91 Å². The molecule has 1 aromatic carbocycles. The van der Waals surface area contributed by atoms with Crippen LogP contribution in [-0.4, -0.2) is 60.5 Å². The van der Waals surface area contributed by atoms with Crippen molar-refractivity contribution in [3.63, 3.8) is 0 Å². The molecule has 38 heavy (non-hydrogen) atoms. The Hall–Kier alpha value is -4.28. The zero-order valence-electron chi connectivity index (χ0n) is 21.3. The van der Waals surface area contributed by atoms with E-state index in [-0.39, 0.29) is 12.0 Å². The lowest BCUT2D eigenvalue weighted by Gasteiger charge is -2.16. The van der Waals surface area contributed by atoms with E-state index in [0.717, 1.165) is 34.4 Å². The summed E-state index contributed by atoms with van der Waals surface area (Å²) in [5, 5.41) is 22.0. The van der Waals surface area contributed by atoms with Crippen molar-refractivity contribution in [3.8, 4) is 5.75 Å². The highest BCUT2D eigenvalue weighted by Crippen LogP contribution is 2.29. The maximum Gasteiger partial charge on any atom is 0.274 e. The molecule has 0 saturated carbocycles. The van der Waals surface area contributed by atoms with Gasteiger partial charge in [0.15, 0.2) is 0 Å². The van der Waals surface area contributed by atoms with Gasteiger partial charge in [0, 0.05) is 36.4 Å². The summed E-state index contributed by atoms with van der Waals surface area (Å²) in [7, 11) is 0. The largest absolute Gasteiger partial charge is 0.486 e. The molecule has 4 aromatic heterocycles. The molecule has 1 amide bonds. The number of anilines is 1. The van der Waals surface area contributed by atoms with Crippen LogP contribution in [0.3, 0.4) is 0 Å². The Morgan fingerprint density at radius 3 is 2.87 bits per heavy atom. The summed E-state index contributed by atoms with van der Waals surface area (Å²) >= 11 is 0. The molecule has 1 fully saturated rings. The molecular weight excluding hydrogens is 482 g/mol. The Morgan fingerprint density at radius 1 is 1.21 bits per heavy atom. The molecule has 0 bridgehead atoms. The lowest BCUT2D eigenvalue weighted by atomic mass is 10.1. The molecule has 5 heterocycles. The summed E-state index contributed by atoms with van der Waals surface area (Å²) < 4.78 is 9.57. The number of fused-ring (bicyclic) bond motifs is 2. The van der Waals surface area contributed by atoms with Crippen LogP contribution in [0.15, 0.2) is 60.9 Å². The summed E-state index contributed by atoms with van der Waals surface area (Å²) in [4.78, 5) is 22.4. The van der Waals surface area contributed by atoms with E-state index in [1.165, 1.54) is 0 Å². The van der Waals surface area contributed by atoms with Crippen LogP contribution in [0, 0.1) is 6.92 Å². The predicted octanol–water partition coefficient (Wildman–Crippen LogP) is 2.96. The van der Waals surface area contributed by atoms with E-state index in [9.17, 15) is 9.90 Å². The highest BCUT2D eigenvalue weighted by Gasteiger charge is 2.27. The molecule has 1 aliphatic heterocycles. The van der Waals surface area contributed by atoms with Gasteiger partial charge in [-0.05, 0) is 43.7 Å². The van der Waals surface area contributed by atoms with Crippen LogP contribution in [0.2, 0.25) is 0 Å². The number of carbonyl (C=O) groups excluding carboxylic acids is 1. The number of pyridine rings is 2. The van der Waals surface area contributed by atoms with Gasteiger partial charge in [-0.2, -0.15) is 5.10 Å². The fourth-order valence-corrected chi connectivity index (χ4v) is 4.95. The number of nitrogens with one attached hydrogen (secondary N) is 2. The third-order valence-electron chi connectivity index (χ3n) is 6.82. The number of imidazole rings is 1. The molecule has 3 N–H and O–H groups in total. The van der Waals surface area contributed by atoms with Gasteiger partial charge in [-0.3, -0.25) is 18.9 Å². The Labute approximate surface area is 219 Å². The zero-order valence-corrected chi connectivity index (χ0v) is 21.3. The highest BCUT2D eigenvalue weighted by molar-refractivity contribution is 6.08. The van der Waals surface area contributed by atoms with Gasteiger partial charge in [-0.15, -0.1) is 0 Å². The van der Waals surface area contributed by atoms with Crippen LogP contribution >= 0.6 is 0 Å². The molecule has 6 rings (SSSR count). The Balaban J connectivity index is 1.27. The Morgan fingerprint density at radius 2 is 2.08 bits per heavy atom. The van der Waals surface area contributed by atoms with Crippen LogP contribution in [-0.2, 0) is 13.0 Å². The van der Waals surface area contributed by atoms with Crippen molar-refractivity contribution >= 4 is 28.1 Å². The molecule has 0 radical (unpaired) electrons. The number of hydrogen-bond donors (Lipinski definition) is 3. The number of amides is 1. The molecule has 10 nitrogen and oxygen atoms in total. The van der Waals surface area contributed by atoms with E-state index in [0.29, 0.717) is 42.4 Å². The Bertz CT molecular complexity index is 1640. The number of aromatic nitrogens is 5. The first-order chi connectivity index (χ1) is 18.5. The van der Waals surface area contributed by atoms with Crippen molar-refractivity contribution in [1.82, 2.24) is 29.5 Å². The summed E-state index contributed by atoms with van der Waals surface area (Å²) in [6, 6.07) is 15.3. The second-order valence-electron chi connectivity index (χ2n) is 9.50. The average molecular weight is 512 g/mol. The number of carbonyl (C=O) groups is 1. The van der Waals surface area contributed by atoms with E-state index >= 15 is 0 Å². The lowest BCUT2D eigenvalue weighted by molar-refractivity contribution is 0.0738. The monoisotopic (exact) mass is 511 g/mol. The third kappa shape index (κ3) is 4.48. The molecular formula is C28H29N7O3. The smallest absolute Gasteiger partial charge is 0.274 e. The number of aliphatic hydroxyl groups excluding tert-OH is 1. The van der Waals surface area contributed by atoms with Crippen LogP contribution in [0.1, 0.15) is 34.5 Å². The first-order valence-corrected chi connectivity index (χ1v) is 12.7. The van der Waals surface area contributed by atoms with Crippen molar-refractivity contribution in [3.05, 3.63) is 83.7 Å². The minimum atomic E-state index is -0.555. The second-order valence-corrected chi connectivity index (χ2v) is 9.50. The number of hydrogen-bond acceptors (Lipinski definition) is 7. The van der Waals surface area contributed by atoms with Crippen molar-refractivity contribution in [2.45, 2.75) is 39.0 Å². The quantitative estimate of drug-likeness (QED) is 0.307. The highest BCUT2D eigenvalue weighted by atomic mass is 16.5. The zero-order chi connectivity index (χ0) is 26.2. The van der Waals surface area contributed by atoms with Crippen molar-refractivity contribution in [2.75, 3.05) is 18.4 Å². The van der Waals surface area contributed by atoms with E-state index in [2.05, 4.69) is 27.5 Å². The molecule has 1 aliphatic rings. The molecule has 5 aromatic rings. The molecule has 1 saturated heterocycles. The number of ether oxygens (including phenoxy) is 1. The van der Waals surface area contributed by atoms with E-state index in [4.69, 9.17) is 9.84 Å². The summed E-state index contributed by atoms with van der Waals surface area (Å²) in [5.41, 5.74) is 5.42. The minimum absolute atomic E-state index is 0.274. The van der Waals surface area contributed by atoms with Crippen molar-refractivity contribution < 1.29 is 14.6 Å². The van der Waals surface area contributed by atoms with E-state index in [1.54, 1.807) is 28.9 Å². The molecule has 10 heteroatoms. The third-order valence-corrected chi connectivity index (χ3v) is 6.82. The SMILES string of the molecule is CCc1nn(Cc2cccc(C)n2)c2cccc(NC(=O)c3cnc4cc(O[C@H]5CNC[C@H]5O)ccn34)c12. The van der Waals surface area contributed by atoms with Crippen LogP contribution in [0.4, 0.5) is 5.69 Å². The average Bonchev–Trinajstić information content (AvgIpc) is 3.61. The van der Waals surface area contributed by atoms with Gasteiger partial charge in [-0.1, -0.05) is 19.1 Å². The molecule has 0 aliphatic carbocycles. The van der Waals surface area contributed by atoms with Crippen molar-refractivity contribution in [1.29, 1.82) is 0 Å².